The number of hydrogen-bond acceptors (Lipinski definition) is 4. The zero-order chi connectivity index (χ0) is 20.0. The molecule has 1 aromatic heterocycles. The smallest absolute Gasteiger partial charge is 0.363 e. The van der Waals surface area contributed by atoms with Gasteiger partial charge in [-0.05, 0) is 17.7 Å². The van der Waals surface area contributed by atoms with Crippen LogP contribution >= 0.6 is 0 Å². The maximum atomic E-state index is 14.1. The van der Waals surface area contributed by atoms with Gasteiger partial charge < -0.3 is 5.32 Å². The van der Waals surface area contributed by atoms with Crippen molar-refractivity contribution >= 4 is 11.7 Å². The number of benzene rings is 1. The Labute approximate surface area is 148 Å². The topological polar surface area (TPSA) is 85.0 Å². The molecule has 0 aliphatic carbocycles. The van der Waals surface area contributed by atoms with Crippen LogP contribution in [0.3, 0.4) is 0 Å². The van der Waals surface area contributed by atoms with E-state index in [1.165, 1.54) is 12.1 Å². The van der Waals surface area contributed by atoms with Gasteiger partial charge in [0.1, 0.15) is 17.7 Å². The summed E-state index contributed by atoms with van der Waals surface area (Å²) < 4.78 is 80.7. The summed E-state index contributed by atoms with van der Waals surface area (Å²) in [5.74, 6) is -1.93. The summed E-state index contributed by atoms with van der Waals surface area (Å²) in [7, 11) is 0. The van der Waals surface area contributed by atoms with Gasteiger partial charge in [0.15, 0.2) is 5.69 Å². The van der Waals surface area contributed by atoms with Crippen molar-refractivity contribution in [3.05, 3.63) is 47.4 Å². The fourth-order valence-electron chi connectivity index (χ4n) is 2.89. The molecule has 1 amide bonds. The quantitative estimate of drug-likeness (QED) is 0.324. The van der Waals surface area contributed by atoms with Gasteiger partial charge in [0.2, 0.25) is 0 Å². The number of fused-ring (bicyclic) bond motifs is 1. The van der Waals surface area contributed by atoms with E-state index < -0.39 is 48.0 Å². The lowest BCUT2D eigenvalue weighted by Gasteiger charge is -2.37. The van der Waals surface area contributed by atoms with Gasteiger partial charge in [0.25, 0.3) is 5.91 Å². The number of rotatable bonds is 3. The average molecular weight is 393 g/mol. The van der Waals surface area contributed by atoms with Crippen molar-refractivity contribution in [3.63, 3.8) is 0 Å². The Hall–Kier alpha value is -2.76. The van der Waals surface area contributed by atoms with Gasteiger partial charge in [-0.2, -0.15) is 27.1 Å². The average Bonchev–Trinajstić information content (AvgIpc) is 3.03. The number of anilines is 1. The maximum absolute atomic E-state index is 14.1. The van der Waals surface area contributed by atoms with Crippen LogP contribution in [0.1, 0.15) is 34.6 Å². The molecule has 6 nitrogen and oxygen atoms in total. The number of nitrogen functional groups attached to an aromatic ring is 1. The van der Waals surface area contributed by atoms with E-state index in [1.807, 2.05) is 0 Å². The van der Waals surface area contributed by atoms with Gasteiger partial charge in [0.05, 0.1) is 6.04 Å². The summed E-state index contributed by atoms with van der Waals surface area (Å²) in [6.07, 6.45) is -6.53. The maximum Gasteiger partial charge on any atom is 0.455 e. The largest absolute Gasteiger partial charge is 0.455 e. The van der Waals surface area contributed by atoms with Gasteiger partial charge in [-0.15, -0.1) is 0 Å². The summed E-state index contributed by atoms with van der Waals surface area (Å²) in [5, 5.41) is 6.29. The van der Waals surface area contributed by atoms with Gasteiger partial charge in [0, 0.05) is 12.5 Å². The van der Waals surface area contributed by atoms with Crippen LogP contribution in [0.4, 0.5) is 32.2 Å². The van der Waals surface area contributed by atoms with Gasteiger partial charge in [-0.25, -0.2) is 14.9 Å². The molecule has 27 heavy (non-hydrogen) atoms. The van der Waals surface area contributed by atoms with Crippen LogP contribution in [-0.4, -0.2) is 27.8 Å². The number of aromatic nitrogens is 2. The lowest BCUT2D eigenvalue weighted by atomic mass is 9.93. The van der Waals surface area contributed by atoms with Gasteiger partial charge in [-0.1, -0.05) is 12.1 Å². The molecule has 146 valence electrons. The monoisotopic (exact) mass is 393 g/mol. The van der Waals surface area contributed by atoms with E-state index in [1.54, 1.807) is 5.43 Å². The highest BCUT2D eigenvalue weighted by Gasteiger charge is 2.64. The summed E-state index contributed by atoms with van der Waals surface area (Å²) >= 11 is 0. The van der Waals surface area contributed by atoms with E-state index in [9.17, 15) is 31.1 Å². The van der Waals surface area contributed by atoms with E-state index in [2.05, 4.69) is 10.4 Å². The third kappa shape index (κ3) is 3.31. The molecule has 3 rings (SSSR count). The fourth-order valence-corrected chi connectivity index (χ4v) is 2.89. The van der Waals surface area contributed by atoms with E-state index in [0.717, 1.165) is 18.2 Å². The number of hydrazine groups is 1. The van der Waals surface area contributed by atoms with Crippen LogP contribution in [0.15, 0.2) is 30.3 Å². The molecule has 2 aromatic rings. The molecule has 2 heterocycles. The van der Waals surface area contributed by atoms with Crippen molar-refractivity contribution in [2.75, 3.05) is 5.32 Å². The Morgan fingerprint density at radius 2 is 1.85 bits per heavy atom. The summed E-state index contributed by atoms with van der Waals surface area (Å²) in [6, 6.07) is 2.28. The third-order valence-corrected chi connectivity index (χ3v) is 4.24. The minimum atomic E-state index is -5.83. The number of amides is 1. The Morgan fingerprint density at radius 1 is 1.22 bits per heavy atom. The van der Waals surface area contributed by atoms with Crippen molar-refractivity contribution in [1.29, 1.82) is 0 Å². The zero-order valence-electron chi connectivity index (χ0n) is 13.4. The van der Waals surface area contributed by atoms with Crippen LogP contribution in [0.2, 0.25) is 0 Å². The van der Waals surface area contributed by atoms with Gasteiger partial charge >= 0.3 is 12.1 Å². The Kier molecular flexibility index (Phi) is 4.54. The van der Waals surface area contributed by atoms with Crippen molar-refractivity contribution in [3.8, 4) is 0 Å². The predicted octanol–water partition coefficient (Wildman–Crippen LogP) is 2.92. The Morgan fingerprint density at radius 3 is 2.41 bits per heavy atom. The summed E-state index contributed by atoms with van der Waals surface area (Å²) in [5.41, 5.74) is 1.60. The molecule has 0 spiro atoms. The molecule has 0 bridgehead atoms. The highest BCUT2D eigenvalue weighted by Crippen LogP contribution is 2.50. The van der Waals surface area contributed by atoms with Gasteiger partial charge in [-0.3, -0.25) is 10.2 Å². The van der Waals surface area contributed by atoms with Crippen LogP contribution in [0.5, 0.6) is 0 Å². The van der Waals surface area contributed by atoms with Crippen molar-refractivity contribution in [1.82, 2.24) is 15.2 Å². The number of nitrogens with zero attached hydrogens (tertiary/aromatic N) is 2. The first-order chi connectivity index (χ1) is 12.5. The third-order valence-electron chi connectivity index (χ3n) is 4.24. The molecule has 0 saturated heterocycles. The lowest BCUT2D eigenvalue weighted by Crippen LogP contribution is -2.47. The second kappa shape index (κ2) is 6.44. The molecule has 12 heteroatoms. The van der Waals surface area contributed by atoms with Crippen molar-refractivity contribution < 1.29 is 31.1 Å². The number of carbonyl (C=O) groups excluding carboxylic acids is 1. The number of nitrogens with one attached hydrogen (secondary N) is 2. The molecule has 2 atom stereocenters. The van der Waals surface area contributed by atoms with E-state index in [4.69, 9.17) is 5.84 Å². The number of carbonyl (C=O) groups is 1. The van der Waals surface area contributed by atoms with Crippen molar-refractivity contribution in [2.24, 2.45) is 5.84 Å². The van der Waals surface area contributed by atoms with E-state index in [0.29, 0.717) is 10.2 Å². The first kappa shape index (κ1) is 19.0. The van der Waals surface area contributed by atoms with Crippen LogP contribution in [-0.2, 0) is 0 Å². The van der Waals surface area contributed by atoms with E-state index in [-0.39, 0.29) is 5.82 Å². The fraction of sp³-hybridized carbons (Fsp3) is 0.333. The molecule has 0 fully saturated rings. The first-order valence-electron chi connectivity index (χ1n) is 7.61. The molecule has 0 saturated carbocycles. The molecule has 1 aliphatic heterocycles. The minimum absolute atomic E-state index is 0.219. The Bertz CT molecular complexity index is 847. The Balaban J connectivity index is 2.07. The molecule has 1 aromatic carbocycles. The van der Waals surface area contributed by atoms with Crippen molar-refractivity contribution in [2.45, 2.75) is 30.6 Å². The summed E-state index contributed by atoms with van der Waals surface area (Å²) in [4.78, 5) is 11.6. The molecule has 2 unspecified atom stereocenters. The molecule has 1 aliphatic rings. The first-order valence-corrected chi connectivity index (χ1v) is 7.61. The van der Waals surface area contributed by atoms with Crippen LogP contribution < -0.4 is 16.6 Å². The number of halogens is 6. The molecular weight excluding hydrogens is 380 g/mol. The summed E-state index contributed by atoms with van der Waals surface area (Å²) in [6.45, 7) is 0. The van der Waals surface area contributed by atoms with Crippen LogP contribution in [0.25, 0.3) is 0 Å². The molecule has 0 radical (unpaired) electrons. The highest BCUT2D eigenvalue weighted by atomic mass is 19.4. The second-order valence-corrected chi connectivity index (χ2v) is 5.95. The predicted molar refractivity (Wildman–Crippen MR) is 81.3 cm³/mol. The minimum Gasteiger partial charge on any atom is -0.363 e. The highest BCUT2D eigenvalue weighted by molar-refractivity contribution is 5.92. The number of hydrogen-bond donors (Lipinski definition) is 3. The second-order valence-electron chi connectivity index (χ2n) is 5.95. The lowest BCUT2D eigenvalue weighted by molar-refractivity contribution is -0.301. The normalized spacial score (nSPS) is 20.0. The van der Waals surface area contributed by atoms with Crippen LogP contribution in [0, 0.1) is 5.82 Å². The SMILES string of the molecule is NNC(=O)c1cc2n(n1)C(C(F)(F)C(F)(F)F)CC(c1ccc(F)cc1)N2. The molecular formula is C15H13F6N5O. The standard InChI is InChI=1S/C15H13F6N5O/c16-8-3-1-7(2-4-8)9-5-11(14(17,18)15(19,20)21)26-12(23-9)6-10(25-26)13(27)24-22/h1-4,6,9,11,23H,5,22H2,(H,24,27). The number of alkyl halides is 5. The van der Waals surface area contributed by atoms with E-state index >= 15 is 0 Å². The number of nitrogens with two attached hydrogens (primary N) is 1. The molecule has 4 N–H and O–H groups in total. The zero-order valence-corrected chi connectivity index (χ0v) is 13.4.